The molecule has 2 amide bonds. The van der Waals surface area contributed by atoms with Gasteiger partial charge in [-0.05, 0) is 12.5 Å². The maximum atomic E-state index is 12.5. The van der Waals surface area contributed by atoms with Gasteiger partial charge >= 0.3 is 6.03 Å². The number of hydrogen-bond donors (Lipinski definition) is 2. The quantitative estimate of drug-likeness (QED) is 0.883. The lowest BCUT2D eigenvalue weighted by atomic mass is 9.92. The monoisotopic (exact) mass is 332 g/mol. The Bertz CT molecular complexity index is 681. The average molecular weight is 332 g/mol. The van der Waals surface area contributed by atoms with Crippen LogP contribution in [0.15, 0.2) is 18.5 Å². The minimum Gasteiger partial charge on any atom is -0.331 e. The van der Waals surface area contributed by atoms with Gasteiger partial charge < -0.3 is 10.2 Å². The third kappa shape index (κ3) is 4.37. The molecule has 0 spiro atoms. The zero-order valence-electron chi connectivity index (χ0n) is 15.4. The number of nitrogens with one attached hydrogen (secondary N) is 2. The van der Waals surface area contributed by atoms with Crippen LogP contribution in [-0.2, 0) is 19.0 Å². The van der Waals surface area contributed by atoms with Gasteiger partial charge in [-0.1, -0.05) is 27.7 Å². The van der Waals surface area contributed by atoms with Gasteiger partial charge in [-0.3, -0.25) is 9.78 Å². The largest absolute Gasteiger partial charge is 0.331 e. The molecule has 24 heavy (non-hydrogen) atoms. The molecule has 0 radical (unpaired) electrons. The van der Waals surface area contributed by atoms with E-state index in [1.165, 1.54) is 0 Å². The Balaban J connectivity index is 1.97. The molecule has 7 heteroatoms. The topological polar surface area (TPSA) is 78.8 Å². The van der Waals surface area contributed by atoms with Gasteiger partial charge in [0.25, 0.3) is 0 Å². The molecule has 132 valence electrons. The van der Waals surface area contributed by atoms with Crippen molar-refractivity contribution < 1.29 is 4.79 Å². The van der Waals surface area contributed by atoms with Crippen molar-refractivity contribution in [1.82, 2.24) is 30.2 Å². The lowest BCUT2D eigenvalue weighted by Gasteiger charge is -2.22. The molecule has 0 aliphatic rings. The summed E-state index contributed by atoms with van der Waals surface area (Å²) in [5, 5.41) is 14.6. The Kier molecular flexibility index (Phi) is 5.31. The third-order valence-corrected chi connectivity index (χ3v) is 3.99. The van der Waals surface area contributed by atoms with Crippen LogP contribution < -0.4 is 5.32 Å². The summed E-state index contributed by atoms with van der Waals surface area (Å²) in [5.41, 5.74) is 2.92. The number of aromatic nitrogens is 4. The van der Waals surface area contributed by atoms with Gasteiger partial charge in [0.2, 0.25) is 0 Å². The van der Waals surface area contributed by atoms with Crippen LogP contribution in [0.1, 0.15) is 57.1 Å². The van der Waals surface area contributed by atoms with E-state index < -0.39 is 0 Å². The van der Waals surface area contributed by atoms with Gasteiger partial charge in [0.15, 0.2) is 0 Å². The first-order valence-electron chi connectivity index (χ1n) is 8.25. The predicted molar refractivity (Wildman–Crippen MR) is 93.5 cm³/mol. The number of urea groups is 1. The van der Waals surface area contributed by atoms with Crippen molar-refractivity contribution >= 4 is 6.03 Å². The van der Waals surface area contributed by atoms with Crippen molar-refractivity contribution in [3.05, 3.63) is 35.4 Å². The number of aryl methyl sites for hydroxylation is 1. The maximum absolute atomic E-state index is 12.5. The van der Waals surface area contributed by atoms with E-state index in [0.717, 1.165) is 23.4 Å². The van der Waals surface area contributed by atoms with E-state index >= 15 is 0 Å². The van der Waals surface area contributed by atoms with Crippen LogP contribution >= 0.6 is 0 Å². The smallest absolute Gasteiger partial charge is 0.317 e. The molecule has 1 atom stereocenters. The lowest BCUT2D eigenvalue weighted by molar-refractivity contribution is 0.201. The number of aromatic amines is 1. The second-order valence-corrected chi connectivity index (χ2v) is 7.24. The van der Waals surface area contributed by atoms with Crippen LogP contribution in [0.3, 0.4) is 0 Å². The van der Waals surface area contributed by atoms with E-state index in [2.05, 4.69) is 41.4 Å². The molecule has 7 nitrogen and oxygen atoms in total. The van der Waals surface area contributed by atoms with Crippen molar-refractivity contribution in [2.75, 3.05) is 7.05 Å². The van der Waals surface area contributed by atoms with Gasteiger partial charge in [0, 0.05) is 31.3 Å². The highest BCUT2D eigenvalue weighted by Crippen LogP contribution is 2.21. The summed E-state index contributed by atoms with van der Waals surface area (Å²) in [6.45, 7) is 8.87. The first-order chi connectivity index (χ1) is 11.2. The molecule has 2 rings (SSSR count). The molecular formula is C17H28N6O. The number of H-pyrrole nitrogens is 1. The summed E-state index contributed by atoms with van der Waals surface area (Å²) in [6.07, 6.45) is 4.53. The molecule has 2 heterocycles. The van der Waals surface area contributed by atoms with Gasteiger partial charge in [-0.2, -0.15) is 10.2 Å². The molecule has 0 bridgehead atoms. The summed E-state index contributed by atoms with van der Waals surface area (Å²) < 4.78 is 1.74. The van der Waals surface area contributed by atoms with Crippen LogP contribution in [0.4, 0.5) is 4.79 Å². The summed E-state index contributed by atoms with van der Waals surface area (Å²) in [4.78, 5) is 14.1. The standard InChI is InChI=1S/C17H28N6O/c1-7-14(12-9-18-23(6)10-12)19-16(24)22(5)11-13-8-15(21-20-13)17(2,3)4/h8-10,14H,7,11H2,1-6H3,(H,19,24)(H,20,21). The molecule has 0 saturated carbocycles. The van der Waals surface area contributed by atoms with Crippen LogP contribution in [0.2, 0.25) is 0 Å². The maximum Gasteiger partial charge on any atom is 0.317 e. The SMILES string of the molecule is CCC(NC(=O)N(C)Cc1cc(C(C)(C)C)n[nH]1)c1cnn(C)c1. The van der Waals surface area contributed by atoms with E-state index in [9.17, 15) is 4.79 Å². The van der Waals surface area contributed by atoms with Crippen molar-refractivity contribution in [2.24, 2.45) is 7.05 Å². The normalized spacial score (nSPS) is 12.9. The number of nitrogens with zero attached hydrogens (tertiary/aromatic N) is 4. The zero-order valence-corrected chi connectivity index (χ0v) is 15.4. The number of rotatable bonds is 5. The van der Waals surface area contributed by atoms with Crippen LogP contribution in [0, 0.1) is 0 Å². The molecule has 0 aliphatic carbocycles. The summed E-state index contributed by atoms with van der Waals surface area (Å²) in [6, 6.07) is 1.86. The van der Waals surface area contributed by atoms with Crippen LogP contribution in [0.25, 0.3) is 0 Å². The summed E-state index contributed by atoms with van der Waals surface area (Å²) >= 11 is 0. The number of hydrogen-bond acceptors (Lipinski definition) is 3. The highest BCUT2D eigenvalue weighted by molar-refractivity contribution is 5.74. The Morgan fingerprint density at radius 2 is 2.17 bits per heavy atom. The minimum atomic E-state index is -0.113. The Morgan fingerprint density at radius 3 is 2.67 bits per heavy atom. The number of carbonyl (C=O) groups is 1. The fourth-order valence-corrected chi connectivity index (χ4v) is 2.45. The molecule has 2 N–H and O–H groups in total. The van der Waals surface area contributed by atoms with E-state index in [0.29, 0.717) is 6.54 Å². The van der Waals surface area contributed by atoms with Gasteiger partial charge in [-0.15, -0.1) is 0 Å². The number of carbonyl (C=O) groups excluding carboxylic acids is 1. The zero-order chi connectivity index (χ0) is 17.9. The Hall–Kier alpha value is -2.31. The van der Waals surface area contributed by atoms with Crippen molar-refractivity contribution in [3.63, 3.8) is 0 Å². The highest BCUT2D eigenvalue weighted by Gasteiger charge is 2.20. The highest BCUT2D eigenvalue weighted by atomic mass is 16.2. The molecule has 0 saturated heterocycles. The van der Waals surface area contributed by atoms with Crippen LogP contribution in [0.5, 0.6) is 0 Å². The van der Waals surface area contributed by atoms with Gasteiger partial charge in [-0.25, -0.2) is 4.79 Å². The van der Waals surface area contributed by atoms with E-state index in [1.54, 1.807) is 22.8 Å². The fraction of sp³-hybridized carbons (Fsp3) is 0.588. The first-order valence-corrected chi connectivity index (χ1v) is 8.25. The first kappa shape index (κ1) is 18.0. The van der Waals surface area contributed by atoms with Crippen molar-refractivity contribution in [3.8, 4) is 0 Å². The second kappa shape index (κ2) is 7.07. The molecule has 1 unspecified atom stereocenters. The lowest BCUT2D eigenvalue weighted by Crippen LogP contribution is -2.38. The van der Waals surface area contributed by atoms with E-state index in [-0.39, 0.29) is 17.5 Å². The molecule has 0 aliphatic heterocycles. The van der Waals surface area contributed by atoms with Crippen molar-refractivity contribution in [1.29, 1.82) is 0 Å². The molecule has 0 fully saturated rings. The minimum absolute atomic E-state index is 0.0107. The molecule has 0 aromatic carbocycles. The molecule has 2 aromatic rings. The second-order valence-electron chi connectivity index (χ2n) is 7.24. The average Bonchev–Trinajstić information content (AvgIpc) is 3.13. The van der Waals surface area contributed by atoms with Gasteiger partial charge in [0.05, 0.1) is 30.2 Å². The third-order valence-electron chi connectivity index (χ3n) is 3.99. The summed E-state index contributed by atoms with van der Waals surface area (Å²) in [7, 11) is 3.65. The predicted octanol–water partition coefficient (Wildman–Crippen LogP) is 2.73. The number of amides is 2. The van der Waals surface area contributed by atoms with E-state index in [4.69, 9.17) is 0 Å². The van der Waals surface area contributed by atoms with E-state index in [1.807, 2.05) is 26.2 Å². The fourth-order valence-electron chi connectivity index (χ4n) is 2.45. The van der Waals surface area contributed by atoms with Crippen molar-refractivity contribution in [2.45, 2.75) is 52.1 Å². The summed E-state index contributed by atoms with van der Waals surface area (Å²) in [5.74, 6) is 0. The molecule has 2 aromatic heterocycles. The van der Waals surface area contributed by atoms with Gasteiger partial charge in [0.1, 0.15) is 0 Å². The Labute approximate surface area is 143 Å². The Morgan fingerprint density at radius 1 is 1.46 bits per heavy atom. The van der Waals surface area contributed by atoms with Crippen LogP contribution in [-0.4, -0.2) is 38.0 Å². The molecular weight excluding hydrogens is 304 g/mol.